The third kappa shape index (κ3) is 4.74. The fourth-order valence-electron chi connectivity index (χ4n) is 3.23. The van der Waals surface area contributed by atoms with Crippen LogP contribution in [-0.2, 0) is 4.79 Å². The summed E-state index contributed by atoms with van der Waals surface area (Å²) in [6, 6.07) is 8.83. The number of carbonyl (C=O) groups is 2. The van der Waals surface area contributed by atoms with Crippen LogP contribution in [0.3, 0.4) is 0 Å². The fraction of sp³-hybridized carbons (Fsp3) is 0.261. The van der Waals surface area contributed by atoms with E-state index in [1.165, 1.54) is 38.1 Å². The van der Waals surface area contributed by atoms with Gasteiger partial charge in [-0.15, -0.1) is 0 Å². The summed E-state index contributed by atoms with van der Waals surface area (Å²) in [7, 11) is 2.82. The molecule has 3 rings (SSSR count). The molecule has 0 saturated carbocycles. The molecule has 8 heteroatoms. The second-order valence-corrected chi connectivity index (χ2v) is 8.05. The first-order valence-electron chi connectivity index (χ1n) is 9.52. The van der Waals surface area contributed by atoms with E-state index in [0.29, 0.717) is 5.75 Å². The lowest BCUT2D eigenvalue weighted by molar-refractivity contribution is -0.254. The lowest BCUT2D eigenvalue weighted by atomic mass is 10.0. The van der Waals surface area contributed by atoms with E-state index in [2.05, 4.69) is 17.4 Å². The molecule has 0 saturated heterocycles. The number of aryl methyl sites for hydroxylation is 3. The molecular formula is C23H23N2O5S-. The minimum Gasteiger partial charge on any atom is -0.545 e. The molecule has 0 aliphatic heterocycles. The minimum atomic E-state index is -1.43. The third-order valence-electron chi connectivity index (χ3n) is 4.91. The smallest absolute Gasteiger partial charge is 0.234 e. The number of rotatable bonds is 7. The van der Waals surface area contributed by atoms with Crippen LogP contribution in [0, 0.1) is 20.8 Å². The lowest BCUT2D eigenvalue weighted by Crippen LogP contribution is -2.25. The molecule has 0 atom stereocenters. The highest BCUT2D eigenvalue weighted by molar-refractivity contribution is 8.00. The van der Waals surface area contributed by atoms with Crippen molar-refractivity contribution in [1.82, 2.24) is 4.98 Å². The van der Waals surface area contributed by atoms with Crippen LogP contribution in [0.4, 0.5) is 5.69 Å². The number of aromatic carboxylic acids is 1. The van der Waals surface area contributed by atoms with Gasteiger partial charge in [-0.05, 0) is 49.6 Å². The number of thioether (sulfide) groups is 1. The van der Waals surface area contributed by atoms with Crippen LogP contribution in [-0.4, -0.2) is 36.8 Å². The Bertz CT molecular complexity index is 1180. The van der Waals surface area contributed by atoms with Gasteiger partial charge in [-0.2, -0.15) is 0 Å². The Kier molecular flexibility index (Phi) is 6.70. The molecule has 1 heterocycles. The van der Waals surface area contributed by atoms with Gasteiger partial charge >= 0.3 is 0 Å². The topological polar surface area (TPSA) is 101 Å². The van der Waals surface area contributed by atoms with Gasteiger partial charge < -0.3 is 24.7 Å². The van der Waals surface area contributed by atoms with Crippen LogP contribution in [0.5, 0.6) is 11.5 Å². The Morgan fingerprint density at radius 2 is 1.65 bits per heavy atom. The molecule has 0 aliphatic carbocycles. The van der Waals surface area contributed by atoms with Gasteiger partial charge in [-0.25, -0.2) is 4.98 Å². The van der Waals surface area contributed by atoms with Crippen LogP contribution in [0.15, 0.2) is 35.4 Å². The van der Waals surface area contributed by atoms with Gasteiger partial charge in [-0.1, -0.05) is 23.9 Å². The molecule has 0 fully saturated rings. The first-order chi connectivity index (χ1) is 14.7. The number of ether oxygens (including phenoxy) is 2. The number of hydrogen-bond donors (Lipinski definition) is 1. The summed E-state index contributed by atoms with van der Waals surface area (Å²) in [6.07, 6.45) is 0. The normalized spacial score (nSPS) is 10.7. The van der Waals surface area contributed by atoms with Crippen molar-refractivity contribution in [3.05, 3.63) is 52.6 Å². The van der Waals surface area contributed by atoms with E-state index in [1.54, 1.807) is 0 Å². The first-order valence-corrected chi connectivity index (χ1v) is 10.5. The number of fused-ring (bicyclic) bond motifs is 1. The van der Waals surface area contributed by atoms with E-state index in [4.69, 9.17) is 14.5 Å². The second-order valence-electron chi connectivity index (χ2n) is 7.08. The van der Waals surface area contributed by atoms with Gasteiger partial charge in [0.1, 0.15) is 5.03 Å². The van der Waals surface area contributed by atoms with Gasteiger partial charge in [0.25, 0.3) is 0 Å². The molecule has 1 amide bonds. The number of anilines is 1. The molecule has 0 radical (unpaired) electrons. The Balaban J connectivity index is 1.81. The highest BCUT2D eigenvalue weighted by Gasteiger charge is 2.15. The Morgan fingerprint density at radius 1 is 1.00 bits per heavy atom. The molecule has 31 heavy (non-hydrogen) atoms. The standard InChI is InChI=1S/C23H24N2O5S/c1-12-6-7-13(2)21-15(12)8-14(3)22(25-21)31-11-20(26)24-17-10-19(30-5)18(29-4)9-16(17)23(27)28/h6-10H,11H2,1-5H3,(H,24,26)(H,27,28)/p-1. The van der Waals surface area contributed by atoms with Crippen molar-refractivity contribution in [2.75, 3.05) is 25.3 Å². The quantitative estimate of drug-likeness (QED) is 0.564. The summed E-state index contributed by atoms with van der Waals surface area (Å²) >= 11 is 1.29. The number of carboxylic acids is 1. The molecule has 0 spiro atoms. The maximum absolute atomic E-state index is 12.6. The predicted octanol–water partition coefficient (Wildman–Crippen LogP) is 3.27. The highest BCUT2D eigenvalue weighted by Crippen LogP contribution is 2.33. The van der Waals surface area contributed by atoms with E-state index in [-0.39, 0.29) is 28.7 Å². The molecule has 3 aromatic rings. The molecule has 1 aromatic heterocycles. The largest absolute Gasteiger partial charge is 0.545 e. The Morgan fingerprint density at radius 3 is 2.29 bits per heavy atom. The molecule has 162 valence electrons. The van der Waals surface area contributed by atoms with Crippen LogP contribution >= 0.6 is 11.8 Å². The van der Waals surface area contributed by atoms with Crippen molar-refractivity contribution in [3.8, 4) is 11.5 Å². The van der Waals surface area contributed by atoms with Crippen molar-refractivity contribution >= 4 is 40.2 Å². The van der Waals surface area contributed by atoms with Crippen LogP contribution in [0.2, 0.25) is 0 Å². The number of hydrogen-bond acceptors (Lipinski definition) is 7. The number of carboxylic acid groups (broad SMARTS) is 1. The maximum atomic E-state index is 12.6. The minimum absolute atomic E-state index is 0.0606. The number of carbonyl (C=O) groups excluding carboxylic acids is 2. The number of nitrogens with zero attached hydrogens (tertiary/aromatic N) is 1. The summed E-state index contributed by atoms with van der Waals surface area (Å²) in [5.74, 6) is -1.21. The maximum Gasteiger partial charge on any atom is 0.234 e. The van der Waals surface area contributed by atoms with Crippen LogP contribution < -0.4 is 19.9 Å². The molecule has 1 N–H and O–H groups in total. The number of methoxy groups -OCH3 is 2. The average Bonchev–Trinajstić information content (AvgIpc) is 2.74. The van der Waals surface area contributed by atoms with E-state index in [1.807, 2.05) is 26.8 Å². The fourth-order valence-corrected chi connectivity index (χ4v) is 4.02. The second kappa shape index (κ2) is 9.26. The van der Waals surface area contributed by atoms with E-state index >= 15 is 0 Å². The zero-order valence-corrected chi connectivity index (χ0v) is 18.8. The van der Waals surface area contributed by atoms with Crippen molar-refractivity contribution in [3.63, 3.8) is 0 Å². The number of benzene rings is 2. The van der Waals surface area contributed by atoms with E-state index < -0.39 is 5.97 Å². The Labute approximate surface area is 184 Å². The number of amides is 1. The Hall–Kier alpha value is -3.26. The average molecular weight is 440 g/mol. The van der Waals surface area contributed by atoms with Gasteiger partial charge in [0.15, 0.2) is 11.5 Å². The summed E-state index contributed by atoms with van der Waals surface area (Å²) in [4.78, 5) is 28.8. The molecule has 7 nitrogen and oxygen atoms in total. The van der Waals surface area contributed by atoms with Crippen molar-refractivity contribution in [2.45, 2.75) is 25.8 Å². The molecule has 0 bridgehead atoms. The monoisotopic (exact) mass is 439 g/mol. The zero-order valence-electron chi connectivity index (χ0n) is 18.0. The van der Waals surface area contributed by atoms with Crippen LogP contribution in [0.25, 0.3) is 10.9 Å². The lowest BCUT2D eigenvalue weighted by Gasteiger charge is -2.16. The van der Waals surface area contributed by atoms with Crippen molar-refractivity contribution in [1.29, 1.82) is 0 Å². The van der Waals surface area contributed by atoms with Gasteiger partial charge in [-0.3, -0.25) is 4.79 Å². The van der Waals surface area contributed by atoms with E-state index in [9.17, 15) is 14.7 Å². The number of nitrogens with one attached hydrogen (secondary N) is 1. The summed E-state index contributed by atoms with van der Waals surface area (Å²) in [5, 5.41) is 16.0. The van der Waals surface area contributed by atoms with Crippen molar-refractivity contribution < 1.29 is 24.2 Å². The first kappa shape index (κ1) is 22.4. The third-order valence-corrected chi connectivity index (χ3v) is 6.00. The summed E-state index contributed by atoms with van der Waals surface area (Å²) in [5.41, 5.74) is 3.98. The SMILES string of the molecule is COc1cc(NC(=O)CSc2nc3c(C)ccc(C)c3cc2C)c(C(=O)[O-])cc1OC. The summed E-state index contributed by atoms with van der Waals surface area (Å²) in [6.45, 7) is 6.00. The highest BCUT2D eigenvalue weighted by atomic mass is 32.2. The van der Waals surface area contributed by atoms with Crippen LogP contribution in [0.1, 0.15) is 27.0 Å². The van der Waals surface area contributed by atoms with E-state index in [0.717, 1.165) is 32.6 Å². The molecular weight excluding hydrogens is 416 g/mol. The predicted molar refractivity (Wildman–Crippen MR) is 119 cm³/mol. The van der Waals surface area contributed by atoms with Gasteiger partial charge in [0.05, 0.1) is 37.1 Å². The molecule has 0 aliphatic rings. The molecule has 2 aromatic carbocycles. The summed E-state index contributed by atoms with van der Waals surface area (Å²) < 4.78 is 10.3. The molecule has 0 unspecified atom stereocenters. The zero-order chi connectivity index (χ0) is 22.7. The number of pyridine rings is 1. The van der Waals surface area contributed by atoms with Gasteiger partial charge in [0, 0.05) is 17.0 Å². The van der Waals surface area contributed by atoms with Gasteiger partial charge in [0.2, 0.25) is 5.91 Å². The number of aromatic nitrogens is 1. The van der Waals surface area contributed by atoms with Crippen molar-refractivity contribution in [2.24, 2.45) is 0 Å².